The Hall–Kier alpha value is -2.77. The van der Waals surface area contributed by atoms with Crippen LogP contribution in [0.15, 0.2) is 42.5 Å². The van der Waals surface area contributed by atoms with Crippen LogP contribution in [0.1, 0.15) is 18.5 Å². The SMILES string of the molecule is C[C@H](NC(=O)Nc1cccc(OC(F)F)c1)c1ccc(F)c(F)c1. The van der Waals surface area contributed by atoms with E-state index in [1.165, 1.54) is 30.3 Å². The summed E-state index contributed by atoms with van der Waals surface area (Å²) in [6.07, 6.45) is 0. The number of benzene rings is 2. The molecule has 1 atom stereocenters. The maximum Gasteiger partial charge on any atom is 0.387 e. The molecule has 0 spiro atoms. The molecule has 0 aliphatic heterocycles. The van der Waals surface area contributed by atoms with Crippen LogP contribution in [0.5, 0.6) is 5.75 Å². The van der Waals surface area contributed by atoms with Crippen LogP contribution in [0.3, 0.4) is 0 Å². The number of anilines is 1. The number of nitrogens with one attached hydrogen (secondary N) is 2. The molecule has 2 N–H and O–H groups in total. The number of hydrogen-bond acceptors (Lipinski definition) is 2. The lowest BCUT2D eigenvalue weighted by atomic mass is 10.1. The molecule has 2 amide bonds. The number of amides is 2. The number of carbonyl (C=O) groups is 1. The zero-order chi connectivity index (χ0) is 17.7. The summed E-state index contributed by atoms with van der Waals surface area (Å²) in [6.45, 7) is -1.38. The second-order valence-electron chi connectivity index (χ2n) is 4.90. The van der Waals surface area contributed by atoms with Crippen molar-refractivity contribution in [3.8, 4) is 5.75 Å². The highest BCUT2D eigenvalue weighted by Gasteiger charge is 2.12. The average Bonchev–Trinajstić information content (AvgIpc) is 2.49. The minimum Gasteiger partial charge on any atom is -0.435 e. The number of carbonyl (C=O) groups excluding carboxylic acids is 1. The van der Waals surface area contributed by atoms with E-state index in [1.54, 1.807) is 6.92 Å². The van der Waals surface area contributed by atoms with Crippen molar-refractivity contribution in [3.05, 3.63) is 59.7 Å². The molecule has 0 aromatic heterocycles. The standard InChI is InChI=1S/C16H14F4N2O2/c1-9(10-5-6-13(17)14(18)7-10)21-16(23)22-11-3-2-4-12(8-11)24-15(19)20/h2-9,15H,1H3,(H2,21,22,23)/t9-/m0/s1. The van der Waals surface area contributed by atoms with E-state index in [0.29, 0.717) is 5.56 Å². The third-order valence-corrected chi connectivity index (χ3v) is 3.11. The van der Waals surface area contributed by atoms with Gasteiger partial charge in [-0.3, -0.25) is 0 Å². The fourth-order valence-corrected chi connectivity index (χ4v) is 1.98. The van der Waals surface area contributed by atoms with Gasteiger partial charge in [-0.05, 0) is 36.8 Å². The van der Waals surface area contributed by atoms with Gasteiger partial charge in [-0.2, -0.15) is 8.78 Å². The first-order chi connectivity index (χ1) is 11.3. The first-order valence-electron chi connectivity index (χ1n) is 6.92. The quantitative estimate of drug-likeness (QED) is 0.789. The van der Waals surface area contributed by atoms with Crippen molar-refractivity contribution in [2.45, 2.75) is 19.6 Å². The summed E-state index contributed by atoms with van der Waals surface area (Å²) < 4.78 is 54.6. The van der Waals surface area contributed by atoms with Gasteiger partial charge in [-0.15, -0.1) is 0 Å². The minimum absolute atomic E-state index is 0.101. The molecule has 8 heteroatoms. The van der Waals surface area contributed by atoms with Crippen molar-refractivity contribution >= 4 is 11.7 Å². The van der Waals surface area contributed by atoms with Crippen LogP contribution < -0.4 is 15.4 Å². The number of urea groups is 1. The fraction of sp³-hybridized carbons (Fsp3) is 0.188. The van der Waals surface area contributed by atoms with E-state index in [4.69, 9.17) is 0 Å². The lowest BCUT2D eigenvalue weighted by Crippen LogP contribution is -2.31. The van der Waals surface area contributed by atoms with Gasteiger partial charge in [0.1, 0.15) is 5.75 Å². The van der Waals surface area contributed by atoms with Gasteiger partial charge in [0.15, 0.2) is 11.6 Å². The maximum absolute atomic E-state index is 13.2. The van der Waals surface area contributed by atoms with Crippen LogP contribution in [0.2, 0.25) is 0 Å². The van der Waals surface area contributed by atoms with Crippen LogP contribution in [0.25, 0.3) is 0 Å². The van der Waals surface area contributed by atoms with Crippen molar-refractivity contribution < 1.29 is 27.1 Å². The zero-order valence-electron chi connectivity index (χ0n) is 12.5. The van der Waals surface area contributed by atoms with Crippen LogP contribution in [-0.2, 0) is 0 Å². The van der Waals surface area contributed by atoms with Gasteiger partial charge >= 0.3 is 12.6 Å². The average molecular weight is 342 g/mol. The maximum atomic E-state index is 13.2. The van der Waals surface area contributed by atoms with Gasteiger partial charge < -0.3 is 15.4 Å². The fourth-order valence-electron chi connectivity index (χ4n) is 1.98. The van der Waals surface area contributed by atoms with Crippen LogP contribution >= 0.6 is 0 Å². The molecule has 0 fully saturated rings. The van der Waals surface area contributed by atoms with E-state index in [1.807, 2.05) is 0 Å². The molecule has 0 unspecified atom stereocenters. The number of alkyl halides is 2. The molecule has 128 valence electrons. The largest absolute Gasteiger partial charge is 0.435 e. The Morgan fingerprint density at radius 1 is 1.08 bits per heavy atom. The molecule has 2 aromatic carbocycles. The highest BCUT2D eigenvalue weighted by Crippen LogP contribution is 2.20. The van der Waals surface area contributed by atoms with Gasteiger partial charge in [0.2, 0.25) is 0 Å². The predicted octanol–water partition coefficient (Wildman–Crippen LogP) is 4.45. The molecule has 0 aliphatic carbocycles. The van der Waals surface area contributed by atoms with Crippen LogP contribution in [0, 0.1) is 11.6 Å². The summed E-state index contributed by atoms with van der Waals surface area (Å²) in [5, 5.41) is 4.96. The Kier molecular flexibility index (Phi) is 5.62. The molecule has 24 heavy (non-hydrogen) atoms. The lowest BCUT2D eigenvalue weighted by molar-refractivity contribution is -0.0497. The summed E-state index contributed by atoms with van der Waals surface area (Å²) in [5.74, 6) is -2.10. The molecule has 0 bridgehead atoms. The van der Waals surface area contributed by atoms with Gasteiger partial charge in [0.05, 0.1) is 6.04 Å². The Labute approximate surface area is 135 Å². The highest BCUT2D eigenvalue weighted by molar-refractivity contribution is 5.89. The Morgan fingerprint density at radius 3 is 2.50 bits per heavy atom. The molecule has 0 aliphatic rings. The first kappa shape index (κ1) is 17.6. The molecule has 4 nitrogen and oxygen atoms in total. The number of hydrogen-bond donors (Lipinski definition) is 2. The van der Waals surface area contributed by atoms with E-state index in [0.717, 1.165) is 12.1 Å². The van der Waals surface area contributed by atoms with E-state index >= 15 is 0 Å². The first-order valence-corrected chi connectivity index (χ1v) is 6.92. The van der Waals surface area contributed by atoms with Crippen molar-refractivity contribution in [1.29, 1.82) is 0 Å². The summed E-state index contributed by atoms with van der Waals surface area (Å²) in [4.78, 5) is 11.9. The molecule has 2 aromatic rings. The molecule has 0 heterocycles. The molecule has 0 radical (unpaired) electrons. The van der Waals surface area contributed by atoms with Crippen molar-refractivity contribution in [3.63, 3.8) is 0 Å². The van der Waals surface area contributed by atoms with Crippen molar-refractivity contribution in [1.82, 2.24) is 5.32 Å². The molecule has 0 saturated carbocycles. The van der Waals surface area contributed by atoms with E-state index in [9.17, 15) is 22.4 Å². The van der Waals surface area contributed by atoms with E-state index in [2.05, 4.69) is 15.4 Å². The van der Waals surface area contributed by atoms with Crippen molar-refractivity contribution in [2.24, 2.45) is 0 Å². The summed E-state index contributed by atoms with van der Waals surface area (Å²) in [6, 6.07) is 7.53. The lowest BCUT2D eigenvalue weighted by Gasteiger charge is -2.15. The monoisotopic (exact) mass is 342 g/mol. The molecule has 0 saturated heterocycles. The number of ether oxygens (including phenoxy) is 1. The van der Waals surface area contributed by atoms with Gasteiger partial charge in [0, 0.05) is 11.8 Å². The topological polar surface area (TPSA) is 50.4 Å². The number of rotatable bonds is 5. The Balaban J connectivity index is 1.98. The van der Waals surface area contributed by atoms with Gasteiger partial charge in [0.25, 0.3) is 0 Å². The Bertz CT molecular complexity index is 725. The normalized spacial score (nSPS) is 11.9. The van der Waals surface area contributed by atoms with Crippen LogP contribution in [0.4, 0.5) is 28.0 Å². The minimum atomic E-state index is -2.97. The van der Waals surface area contributed by atoms with Gasteiger partial charge in [-0.25, -0.2) is 13.6 Å². The summed E-state index contributed by atoms with van der Waals surface area (Å²) in [7, 11) is 0. The van der Waals surface area contributed by atoms with E-state index < -0.39 is 30.3 Å². The predicted molar refractivity (Wildman–Crippen MR) is 80.0 cm³/mol. The summed E-state index contributed by atoms with van der Waals surface area (Å²) in [5.41, 5.74) is 0.613. The second-order valence-corrected chi connectivity index (χ2v) is 4.90. The molecular weight excluding hydrogens is 328 g/mol. The number of halogens is 4. The third kappa shape index (κ3) is 4.87. The second kappa shape index (κ2) is 7.67. The summed E-state index contributed by atoms with van der Waals surface area (Å²) >= 11 is 0. The molecular formula is C16H14F4N2O2. The van der Waals surface area contributed by atoms with Gasteiger partial charge in [-0.1, -0.05) is 12.1 Å². The highest BCUT2D eigenvalue weighted by atomic mass is 19.3. The zero-order valence-corrected chi connectivity index (χ0v) is 12.5. The molecule has 2 rings (SSSR count). The third-order valence-electron chi connectivity index (χ3n) is 3.11. The van der Waals surface area contributed by atoms with Crippen LogP contribution in [-0.4, -0.2) is 12.6 Å². The van der Waals surface area contributed by atoms with Crippen molar-refractivity contribution in [2.75, 3.05) is 5.32 Å². The van der Waals surface area contributed by atoms with E-state index in [-0.39, 0.29) is 11.4 Å². The smallest absolute Gasteiger partial charge is 0.387 e. The Morgan fingerprint density at radius 2 is 1.83 bits per heavy atom.